The number of halogens is 3. The van der Waals surface area contributed by atoms with Crippen LogP contribution in [0.3, 0.4) is 0 Å². The molecular weight excluding hydrogens is 607 g/mol. The number of imidazole rings is 1. The van der Waals surface area contributed by atoms with Gasteiger partial charge in [-0.25, -0.2) is 23.5 Å². The lowest BCUT2D eigenvalue weighted by molar-refractivity contribution is 0.0600. The summed E-state index contributed by atoms with van der Waals surface area (Å²) in [5.41, 5.74) is 3.24. The largest absolute Gasteiger partial charge is 0.473 e. The smallest absolute Gasteiger partial charge is 0.337 e. The average Bonchev–Trinajstić information content (AvgIpc) is 4.03. The molecule has 47 heavy (non-hydrogen) atoms. The van der Waals surface area contributed by atoms with Crippen LogP contribution in [0.15, 0.2) is 72.8 Å². The van der Waals surface area contributed by atoms with Crippen molar-refractivity contribution in [2.24, 2.45) is 11.3 Å². The van der Waals surface area contributed by atoms with Crippen LogP contribution in [0.1, 0.15) is 63.4 Å². The Kier molecular flexibility index (Phi) is 8.03. The van der Waals surface area contributed by atoms with Crippen molar-refractivity contribution >= 4 is 22.8 Å². The Balaban J connectivity index is 1.09. The number of esters is 1. The highest BCUT2D eigenvalue weighted by Gasteiger charge is 2.44. The maximum Gasteiger partial charge on any atom is 0.337 e. The van der Waals surface area contributed by atoms with E-state index in [-0.39, 0.29) is 30.6 Å². The third-order valence-electron chi connectivity index (χ3n) is 9.06. The summed E-state index contributed by atoms with van der Waals surface area (Å²) in [6, 6.07) is 19.4. The fraction of sp³-hybridized carbons (Fsp3) is 0.297. The predicted octanol–water partition coefficient (Wildman–Crippen LogP) is 7.68. The van der Waals surface area contributed by atoms with E-state index in [1.165, 1.54) is 19.2 Å². The summed E-state index contributed by atoms with van der Waals surface area (Å²) in [5, 5.41) is 0. The van der Waals surface area contributed by atoms with Crippen LogP contribution in [0.4, 0.5) is 13.2 Å². The number of rotatable bonds is 12. The SMILES string of the molecule is COC(=O)c1ccc2nc(Cc3ccc(-c4cccc(OCc5ccc(C(=O)C6CC6)cc5F)n4)cc3F)n(CC3(CF)CC3)c2c1. The van der Waals surface area contributed by atoms with Crippen LogP contribution in [0.5, 0.6) is 5.88 Å². The summed E-state index contributed by atoms with van der Waals surface area (Å²) >= 11 is 0. The Morgan fingerprint density at radius 2 is 1.68 bits per heavy atom. The van der Waals surface area contributed by atoms with Gasteiger partial charge in [0.2, 0.25) is 5.88 Å². The number of methoxy groups -OCH3 is 1. The van der Waals surface area contributed by atoms with Crippen LogP contribution in [-0.2, 0) is 24.3 Å². The van der Waals surface area contributed by atoms with Gasteiger partial charge in [0.1, 0.15) is 24.1 Å². The lowest BCUT2D eigenvalue weighted by atomic mass is 10.0. The van der Waals surface area contributed by atoms with Gasteiger partial charge in [0, 0.05) is 47.1 Å². The van der Waals surface area contributed by atoms with Crippen molar-refractivity contribution in [1.82, 2.24) is 14.5 Å². The van der Waals surface area contributed by atoms with Crippen molar-refractivity contribution in [1.29, 1.82) is 0 Å². The number of hydrogen-bond acceptors (Lipinski definition) is 6. The quantitative estimate of drug-likeness (QED) is 0.103. The fourth-order valence-corrected chi connectivity index (χ4v) is 5.80. The molecule has 0 N–H and O–H groups in total. The molecular formula is C37H32F3N3O4. The van der Waals surface area contributed by atoms with Crippen LogP contribution in [0.25, 0.3) is 22.3 Å². The number of ketones is 1. The first-order valence-electron chi connectivity index (χ1n) is 15.6. The number of alkyl halides is 1. The van der Waals surface area contributed by atoms with E-state index in [0.29, 0.717) is 56.9 Å². The molecule has 3 aromatic carbocycles. The first-order chi connectivity index (χ1) is 22.8. The first kappa shape index (κ1) is 30.7. The molecule has 2 aliphatic rings. The zero-order valence-electron chi connectivity index (χ0n) is 25.8. The Bertz CT molecular complexity index is 2020. The van der Waals surface area contributed by atoms with Crippen LogP contribution in [0, 0.1) is 23.0 Å². The molecule has 10 heteroatoms. The van der Waals surface area contributed by atoms with Crippen molar-refractivity contribution in [2.45, 2.75) is 45.3 Å². The number of pyridine rings is 1. The van der Waals surface area contributed by atoms with Gasteiger partial charge in [0.15, 0.2) is 5.78 Å². The summed E-state index contributed by atoms with van der Waals surface area (Å²) in [5.74, 6) is -0.666. The van der Waals surface area contributed by atoms with Gasteiger partial charge in [-0.3, -0.25) is 9.18 Å². The normalized spacial score (nSPS) is 15.1. The van der Waals surface area contributed by atoms with E-state index in [0.717, 1.165) is 25.7 Å². The van der Waals surface area contributed by atoms with Gasteiger partial charge in [-0.1, -0.05) is 30.3 Å². The van der Waals surface area contributed by atoms with Gasteiger partial charge in [0.05, 0.1) is 36.1 Å². The third kappa shape index (κ3) is 6.37. The monoisotopic (exact) mass is 639 g/mol. The molecule has 0 radical (unpaired) electrons. The second-order valence-corrected chi connectivity index (χ2v) is 12.5. The van der Waals surface area contributed by atoms with E-state index >= 15 is 4.39 Å². The van der Waals surface area contributed by atoms with Crippen molar-refractivity contribution in [3.8, 4) is 17.1 Å². The molecule has 7 nitrogen and oxygen atoms in total. The van der Waals surface area contributed by atoms with Crippen molar-refractivity contribution in [2.75, 3.05) is 13.8 Å². The number of fused-ring (bicyclic) bond motifs is 1. The number of hydrogen-bond donors (Lipinski definition) is 0. The zero-order valence-corrected chi connectivity index (χ0v) is 25.8. The second-order valence-electron chi connectivity index (χ2n) is 12.5. The number of benzene rings is 3. The van der Waals surface area contributed by atoms with Crippen LogP contribution >= 0.6 is 0 Å². The molecule has 7 rings (SSSR count). The van der Waals surface area contributed by atoms with E-state index in [4.69, 9.17) is 14.5 Å². The molecule has 2 fully saturated rings. The molecule has 0 amide bonds. The summed E-state index contributed by atoms with van der Waals surface area (Å²) in [6.45, 7) is -0.174. The van der Waals surface area contributed by atoms with Crippen molar-refractivity contribution in [3.05, 3.63) is 113 Å². The Morgan fingerprint density at radius 3 is 2.38 bits per heavy atom. The fourth-order valence-electron chi connectivity index (χ4n) is 5.80. The maximum absolute atomic E-state index is 15.6. The van der Waals surface area contributed by atoms with Gasteiger partial charge >= 0.3 is 5.97 Å². The van der Waals surface area contributed by atoms with Crippen LogP contribution in [-0.4, -0.2) is 40.1 Å². The molecule has 2 aromatic heterocycles. The van der Waals surface area contributed by atoms with Crippen LogP contribution < -0.4 is 4.74 Å². The number of aromatic nitrogens is 3. The summed E-state index contributed by atoms with van der Waals surface area (Å²) < 4.78 is 56.8. The molecule has 0 bridgehead atoms. The first-order valence-corrected chi connectivity index (χ1v) is 15.6. The molecule has 0 unspecified atom stereocenters. The number of carbonyl (C=O) groups is 2. The maximum atomic E-state index is 15.6. The van der Waals surface area contributed by atoms with Gasteiger partial charge in [0.25, 0.3) is 0 Å². The summed E-state index contributed by atoms with van der Waals surface area (Å²) in [7, 11) is 1.31. The third-order valence-corrected chi connectivity index (χ3v) is 9.06. The van der Waals surface area contributed by atoms with Crippen molar-refractivity contribution in [3.63, 3.8) is 0 Å². The molecule has 0 spiro atoms. The van der Waals surface area contributed by atoms with E-state index in [1.807, 2.05) is 4.57 Å². The Hall–Kier alpha value is -4.99. The second kappa shape index (κ2) is 12.3. The Labute approximate surface area is 269 Å². The standard InChI is InChI=1S/C37H32F3N3O4/c1-46-36(45)26-11-12-31-32(17-26)43(21-37(20-38)13-14-37)33(41-31)18-23-7-8-24(15-28(23)39)30-3-2-4-34(42-30)47-19-27-10-9-25(16-29(27)40)35(44)22-5-6-22/h2-4,7-12,15-17,22H,5-6,13-14,18-21H2,1H3. The molecule has 2 heterocycles. The lowest BCUT2D eigenvalue weighted by Crippen LogP contribution is -2.16. The Morgan fingerprint density at radius 1 is 0.915 bits per heavy atom. The summed E-state index contributed by atoms with van der Waals surface area (Å²) in [4.78, 5) is 33.7. The topological polar surface area (TPSA) is 83.3 Å². The number of nitrogens with zero attached hydrogens (tertiary/aromatic N) is 3. The van der Waals surface area contributed by atoms with Gasteiger partial charge in [-0.15, -0.1) is 0 Å². The highest BCUT2D eigenvalue weighted by Crippen LogP contribution is 2.48. The highest BCUT2D eigenvalue weighted by atomic mass is 19.1. The lowest BCUT2D eigenvalue weighted by Gasteiger charge is -2.16. The van der Waals surface area contributed by atoms with E-state index in [1.54, 1.807) is 60.7 Å². The predicted molar refractivity (Wildman–Crippen MR) is 169 cm³/mol. The van der Waals surface area contributed by atoms with E-state index in [9.17, 15) is 18.4 Å². The average molecular weight is 640 g/mol. The molecule has 0 atom stereocenters. The number of carbonyl (C=O) groups excluding carboxylic acids is 2. The molecule has 0 aliphatic heterocycles. The minimum atomic E-state index is -0.514. The minimum Gasteiger partial charge on any atom is -0.473 e. The molecule has 2 saturated carbocycles. The van der Waals surface area contributed by atoms with E-state index < -0.39 is 29.7 Å². The van der Waals surface area contributed by atoms with Crippen molar-refractivity contribution < 1.29 is 32.2 Å². The van der Waals surface area contributed by atoms with Gasteiger partial charge < -0.3 is 14.0 Å². The summed E-state index contributed by atoms with van der Waals surface area (Å²) in [6.07, 6.45) is 3.36. The molecule has 2 aliphatic carbocycles. The molecule has 0 saturated heterocycles. The number of Topliss-reactive ketones (excluding diaryl/α,β-unsaturated/α-hetero) is 1. The highest BCUT2D eigenvalue weighted by molar-refractivity contribution is 5.99. The zero-order chi connectivity index (χ0) is 32.7. The van der Waals surface area contributed by atoms with Gasteiger partial charge in [-0.2, -0.15) is 0 Å². The number of ether oxygens (including phenoxy) is 2. The van der Waals surface area contributed by atoms with Gasteiger partial charge in [-0.05, 0) is 67.6 Å². The van der Waals surface area contributed by atoms with E-state index in [2.05, 4.69) is 4.98 Å². The molecule has 240 valence electrons. The molecule has 5 aromatic rings. The minimum absolute atomic E-state index is 0.00994. The van der Waals surface area contributed by atoms with Crippen LogP contribution in [0.2, 0.25) is 0 Å².